The van der Waals surface area contributed by atoms with Gasteiger partial charge in [0.1, 0.15) is 5.57 Å². The fraction of sp³-hybridized carbons (Fsp3) is 0.190. The van der Waals surface area contributed by atoms with Gasteiger partial charge in [0.15, 0.2) is 0 Å². The molecular weight excluding hydrogens is 342 g/mol. The van der Waals surface area contributed by atoms with Gasteiger partial charge in [-0.05, 0) is 49.2 Å². The monoisotopic (exact) mass is 363 g/mol. The summed E-state index contributed by atoms with van der Waals surface area (Å²) >= 11 is 0. The van der Waals surface area contributed by atoms with Crippen LogP contribution in [0.25, 0.3) is 6.08 Å². The summed E-state index contributed by atoms with van der Waals surface area (Å²) in [6.45, 7) is 3.75. The Kier molecular flexibility index (Phi) is 4.81. The lowest BCUT2D eigenvalue weighted by Crippen LogP contribution is -2.54. The van der Waals surface area contributed by atoms with E-state index in [-0.39, 0.29) is 5.57 Å². The quantitative estimate of drug-likeness (QED) is 0.672. The van der Waals surface area contributed by atoms with Crippen molar-refractivity contribution in [2.45, 2.75) is 13.8 Å². The van der Waals surface area contributed by atoms with Crippen molar-refractivity contribution in [3.05, 3.63) is 64.7 Å². The molecule has 0 unspecified atom stereocenters. The van der Waals surface area contributed by atoms with Crippen LogP contribution in [0.5, 0.6) is 0 Å². The average Bonchev–Trinajstić information content (AvgIpc) is 2.60. The number of anilines is 2. The van der Waals surface area contributed by atoms with Crippen LogP contribution in [0.4, 0.5) is 16.2 Å². The van der Waals surface area contributed by atoms with Crippen molar-refractivity contribution < 1.29 is 14.4 Å². The van der Waals surface area contributed by atoms with E-state index in [0.29, 0.717) is 11.3 Å². The number of nitrogens with one attached hydrogen (secondary N) is 1. The predicted molar refractivity (Wildman–Crippen MR) is 106 cm³/mol. The third-order valence-electron chi connectivity index (χ3n) is 4.42. The van der Waals surface area contributed by atoms with Gasteiger partial charge in [0.2, 0.25) is 0 Å². The Morgan fingerprint density at radius 1 is 0.963 bits per heavy atom. The Morgan fingerprint density at radius 3 is 2.22 bits per heavy atom. The van der Waals surface area contributed by atoms with E-state index in [1.807, 2.05) is 69.2 Å². The highest BCUT2D eigenvalue weighted by Gasteiger charge is 2.37. The summed E-state index contributed by atoms with van der Waals surface area (Å²) in [6.07, 6.45) is 1.50. The molecule has 0 radical (unpaired) electrons. The number of carbonyl (C=O) groups is 3. The fourth-order valence-corrected chi connectivity index (χ4v) is 2.97. The number of hydrogen-bond acceptors (Lipinski definition) is 4. The molecule has 1 heterocycles. The molecule has 2 aromatic rings. The van der Waals surface area contributed by atoms with Crippen LogP contribution >= 0.6 is 0 Å². The second-order valence-corrected chi connectivity index (χ2v) is 6.73. The molecular formula is C21H21N3O3. The van der Waals surface area contributed by atoms with E-state index >= 15 is 0 Å². The van der Waals surface area contributed by atoms with Gasteiger partial charge in [-0.2, -0.15) is 0 Å². The molecule has 138 valence electrons. The van der Waals surface area contributed by atoms with Gasteiger partial charge in [0.25, 0.3) is 11.8 Å². The van der Waals surface area contributed by atoms with Gasteiger partial charge in [0.05, 0.1) is 5.69 Å². The zero-order chi connectivity index (χ0) is 19.7. The Hall–Kier alpha value is -3.41. The standard InChI is InChI=1S/C21H21N3O3/c1-13-5-10-18(14(2)11-13)24-20(26)17(19(25)22-21(24)27)12-15-6-8-16(9-7-15)23(3)4/h5-12H,1-4H3,(H,22,25,27). The topological polar surface area (TPSA) is 69.7 Å². The number of urea groups is 1. The SMILES string of the molecule is Cc1ccc(N2C(=O)NC(=O)C(=Cc3ccc(N(C)C)cc3)C2=O)c(C)c1. The lowest BCUT2D eigenvalue weighted by Gasteiger charge is -2.27. The van der Waals surface area contributed by atoms with Gasteiger partial charge in [0, 0.05) is 19.8 Å². The van der Waals surface area contributed by atoms with Crippen LogP contribution in [0, 0.1) is 13.8 Å². The zero-order valence-electron chi connectivity index (χ0n) is 15.7. The molecule has 0 aromatic heterocycles. The molecule has 27 heavy (non-hydrogen) atoms. The van der Waals surface area contributed by atoms with E-state index in [0.717, 1.165) is 21.7 Å². The molecule has 0 bridgehead atoms. The second kappa shape index (κ2) is 7.07. The zero-order valence-corrected chi connectivity index (χ0v) is 15.7. The van der Waals surface area contributed by atoms with Gasteiger partial charge < -0.3 is 4.90 Å². The molecule has 1 aliphatic rings. The van der Waals surface area contributed by atoms with Crippen molar-refractivity contribution in [1.82, 2.24) is 5.32 Å². The highest BCUT2D eigenvalue weighted by atomic mass is 16.2. The van der Waals surface area contributed by atoms with Gasteiger partial charge in [-0.25, -0.2) is 9.69 Å². The molecule has 0 atom stereocenters. The van der Waals surface area contributed by atoms with Gasteiger partial charge >= 0.3 is 6.03 Å². The number of barbiturate groups is 1. The van der Waals surface area contributed by atoms with E-state index < -0.39 is 17.8 Å². The molecule has 1 N–H and O–H groups in total. The van der Waals surface area contributed by atoms with Crippen molar-refractivity contribution >= 4 is 35.3 Å². The van der Waals surface area contributed by atoms with E-state index in [9.17, 15) is 14.4 Å². The first kappa shape index (κ1) is 18.4. The molecule has 1 fully saturated rings. The van der Waals surface area contributed by atoms with Crippen LogP contribution in [-0.2, 0) is 9.59 Å². The third kappa shape index (κ3) is 3.60. The molecule has 0 aliphatic carbocycles. The first-order valence-corrected chi connectivity index (χ1v) is 8.54. The van der Waals surface area contributed by atoms with Crippen LogP contribution in [0.1, 0.15) is 16.7 Å². The molecule has 0 spiro atoms. The van der Waals surface area contributed by atoms with Crippen molar-refractivity contribution in [3.63, 3.8) is 0 Å². The minimum Gasteiger partial charge on any atom is -0.378 e. The minimum absolute atomic E-state index is 0.0767. The predicted octanol–water partition coefficient (Wildman–Crippen LogP) is 3.04. The summed E-state index contributed by atoms with van der Waals surface area (Å²) < 4.78 is 0. The van der Waals surface area contributed by atoms with Crippen LogP contribution in [0.2, 0.25) is 0 Å². The number of imide groups is 2. The van der Waals surface area contributed by atoms with Gasteiger partial charge in [-0.1, -0.05) is 29.8 Å². The molecule has 4 amide bonds. The van der Waals surface area contributed by atoms with Crippen molar-refractivity contribution in [2.24, 2.45) is 0 Å². The number of amides is 4. The van der Waals surface area contributed by atoms with Gasteiger partial charge in [-0.3, -0.25) is 14.9 Å². The molecule has 0 saturated carbocycles. The van der Waals surface area contributed by atoms with E-state index in [1.165, 1.54) is 6.08 Å². The summed E-state index contributed by atoms with van der Waals surface area (Å²) in [4.78, 5) is 40.5. The molecule has 3 rings (SSSR count). The van der Waals surface area contributed by atoms with E-state index in [1.54, 1.807) is 6.07 Å². The molecule has 1 aliphatic heterocycles. The van der Waals surface area contributed by atoms with Crippen molar-refractivity contribution in [1.29, 1.82) is 0 Å². The Labute approximate surface area is 158 Å². The van der Waals surface area contributed by atoms with E-state index in [2.05, 4.69) is 5.32 Å². The summed E-state index contributed by atoms with van der Waals surface area (Å²) in [6, 6.07) is 12.1. The Bertz CT molecular complexity index is 959. The maximum absolute atomic E-state index is 12.9. The third-order valence-corrected chi connectivity index (χ3v) is 4.42. The lowest BCUT2D eigenvalue weighted by atomic mass is 10.0. The number of benzene rings is 2. The van der Waals surface area contributed by atoms with Crippen LogP contribution in [0.3, 0.4) is 0 Å². The molecule has 6 heteroatoms. The summed E-state index contributed by atoms with van der Waals surface area (Å²) in [7, 11) is 3.86. The largest absolute Gasteiger partial charge is 0.378 e. The molecule has 1 saturated heterocycles. The smallest absolute Gasteiger partial charge is 0.335 e. The number of aryl methyl sites for hydroxylation is 2. The maximum atomic E-state index is 12.9. The highest BCUT2D eigenvalue weighted by molar-refractivity contribution is 6.39. The number of nitrogens with zero attached hydrogens (tertiary/aromatic N) is 2. The van der Waals surface area contributed by atoms with Crippen molar-refractivity contribution in [2.75, 3.05) is 23.9 Å². The molecule has 2 aromatic carbocycles. The van der Waals surface area contributed by atoms with Crippen molar-refractivity contribution in [3.8, 4) is 0 Å². The number of rotatable bonds is 3. The summed E-state index contributed by atoms with van der Waals surface area (Å²) in [5.74, 6) is -1.32. The van der Waals surface area contributed by atoms with Crippen LogP contribution in [-0.4, -0.2) is 31.9 Å². The maximum Gasteiger partial charge on any atom is 0.335 e. The molecule has 6 nitrogen and oxygen atoms in total. The number of hydrogen-bond donors (Lipinski definition) is 1. The fourth-order valence-electron chi connectivity index (χ4n) is 2.97. The Morgan fingerprint density at radius 2 is 1.63 bits per heavy atom. The summed E-state index contributed by atoms with van der Waals surface area (Å²) in [5.41, 5.74) is 3.89. The van der Waals surface area contributed by atoms with Gasteiger partial charge in [-0.15, -0.1) is 0 Å². The van der Waals surface area contributed by atoms with E-state index in [4.69, 9.17) is 0 Å². The summed E-state index contributed by atoms with van der Waals surface area (Å²) in [5, 5.41) is 2.25. The first-order valence-electron chi connectivity index (χ1n) is 8.54. The second-order valence-electron chi connectivity index (χ2n) is 6.73. The lowest BCUT2D eigenvalue weighted by molar-refractivity contribution is -0.122. The minimum atomic E-state index is -0.739. The Balaban J connectivity index is 1.99. The first-order chi connectivity index (χ1) is 12.8. The highest BCUT2D eigenvalue weighted by Crippen LogP contribution is 2.26. The number of carbonyl (C=O) groups excluding carboxylic acids is 3. The van der Waals surface area contributed by atoms with Crippen LogP contribution in [0.15, 0.2) is 48.0 Å². The normalized spacial score (nSPS) is 15.9. The van der Waals surface area contributed by atoms with Crippen LogP contribution < -0.4 is 15.1 Å². The average molecular weight is 363 g/mol.